The van der Waals surface area contributed by atoms with Crippen molar-refractivity contribution in [1.29, 1.82) is 0 Å². The molecular weight excluding hydrogens is 408 g/mol. The number of carbonyl (C=O) groups excluding carboxylic acids is 3. The molecule has 0 saturated carbocycles. The van der Waals surface area contributed by atoms with E-state index >= 15 is 0 Å². The van der Waals surface area contributed by atoms with E-state index in [2.05, 4.69) is 31.9 Å². The minimum absolute atomic E-state index is 0.00755. The van der Waals surface area contributed by atoms with Crippen molar-refractivity contribution in [3.8, 4) is 0 Å². The van der Waals surface area contributed by atoms with Gasteiger partial charge in [0.05, 0.1) is 18.1 Å². The van der Waals surface area contributed by atoms with Gasteiger partial charge in [-0.15, -0.1) is 0 Å². The van der Waals surface area contributed by atoms with Crippen molar-refractivity contribution in [2.45, 2.75) is 75.9 Å². The number of ketones is 1. The molecule has 3 unspecified atom stereocenters. The summed E-state index contributed by atoms with van der Waals surface area (Å²) in [5.74, 6) is -0.750. The quantitative estimate of drug-likeness (QED) is 0.135. The fourth-order valence-electron chi connectivity index (χ4n) is 3.48. The van der Waals surface area contributed by atoms with Gasteiger partial charge in [0.1, 0.15) is 0 Å². The zero-order valence-corrected chi connectivity index (χ0v) is 20.5. The van der Waals surface area contributed by atoms with Crippen LogP contribution in [0, 0.1) is 6.92 Å². The average Bonchev–Trinajstić information content (AvgIpc) is 2.77. The number of Topliss-reactive ketones (excluding diaryl/α,β-unsaturated/α-hetero) is 1. The highest BCUT2D eigenvalue weighted by molar-refractivity contribution is 5.93. The first-order chi connectivity index (χ1) is 15.4. The number of likely N-dealkylation sites (N-methyl/N-ethyl adjacent to an activating group) is 2. The van der Waals surface area contributed by atoms with Crippen LogP contribution >= 0.6 is 0 Å². The number of hydrogen-bond donors (Lipinski definition) is 6. The van der Waals surface area contributed by atoms with Gasteiger partial charge in [-0.25, -0.2) is 0 Å². The first kappa shape index (κ1) is 30.4. The Balaban J connectivity index is 4.27. The van der Waals surface area contributed by atoms with Gasteiger partial charge >= 0.3 is 0 Å². The fourth-order valence-corrected chi connectivity index (χ4v) is 3.48. The maximum atomic E-state index is 12.5. The second-order valence-corrected chi connectivity index (χ2v) is 8.13. The van der Waals surface area contributed by atoms with Gasteiger partial charge in [0, 0.05) is 13.5 Å². The van der Waals surface area contributed by atoms with Gasteiger partial charge < -0.3 is 31.9 Å². The lowest BCUT2D eigenvalue weighted by molar-refractivity contribution is -0.127. The summed E-state index contributed by atoms with van der Waals surface area (Å²) in [5.41, 5.74) is 0. The Morgan fingerprint density at radius 3 is 1.50 bits per heavy atom. The Hall–Kier alpha value is -1.55. The molecule has 0 spiro atoms. The summed E-state index contributed by atoms with van der Waals surface area (Å²) in [6.45, 7) is 7.87. The second kappa shape index (κ2) is 20.1. The molecule has 0 aliphatic rings. The van der Waals surface area contributed by atoms with E-state index in [0.717, 1.165) is 45.2 Å². The lowest BCUT2D eigenvalue weighted by Crippen LogP contribution is -2.49. The number of nitrogens with one attached hydrogen (secondary N) is 6. The summed E-state index contributed by atoms with van der Waals surface area (Å²) in [6, 6.07) is -1.25. The van der Waals surface area contributed by atoms with Crippen LogP contribution in [0.4, 0.5) is 0 Å². The maximum absolute atomic E-state index is 12.5. The van der Waals surface area contributed by atoms with E-state index in [1.54, 1.807) is 14.1 Å². The van der Waals surface area contributed by atoms with Crippen molar-refractivity contribution in [3.63, 3.8) is 0 Å². The zero-order chi connectivity index (χ0) is 24.2. The maximum Gasteiger partial charge on any atom is 0.237 e. The van der Waals surface area contributed by atoms with Gasteiger partial charge in [-0.1, -0.05) is 12.8 Å². The molecule has 0 heterocycles. The van der Waals surface area contributed by atoms with E-state index < -0.39 is 11.8 Å². The molecule has 2 amide bonds. The van der Waals surface area contributed by atoms with E-state index in [-0.39, 0.29) is 23.9 Å². The summed E-state index contributed by atoms with van der Waals surface area (Å²) in [5, 5.41) is 18.0. The highest BCUT2D eigenvalue weighted by Crippen LogP contribution is 2.06. The third kappa shape index (κ3) is 14.5. The monoisotopic (exact) mass is 454 g/mol. The summed E-state index contributed by atoms with van der Waals surface area (Å²) >= 11 is 0. The number of unbranched alkanes of at least 4 members (excludes halogenated alkanes) is 3. The number of carbonyl (C=O) groups is 3. The van der Waals surface area contributed by atoms with Crippen LogP contribution < -0.4 is 31.9 Å². The molecule has 0 rings (SSSR count). The second-order valence-electron chi connectivity index (χ2n) is 8.13. The summed E-state index contributed by atoms with van der Waals surface area (Å²) in [7, 11) is 7.35. The Morgan fingerprint density at radius 1 is 0.625 bits per heavy atom. The van der Waals surface area contributed by atoms with E-state index in [0.29, 0.717) is 32.2 Å². The highest BCUT2D eigenvalue weighted by Gasteiger charge is 2.22. The van der Waals surface area contributed by atoms with Crippen LogP contribution in [0.2, 0.25) is 0 Å². The summed E-state index contributed by atoms with van der Waals surface area (Å²) in [4.78, 5) is 36.6. The Bertz CT molecular complexity index is 518. The van der Waals surface area contributed by atoms with Crippen LogP contribution in [0.3, 0.4) is 0 Å². The van der Waals surface area contributed by atoms with Gasteiger partial charge in [0.2, 0.25) is 11.8 Å². The van der Waals surface area contributed by atoms with Crippen molar-refractivity contribution in [2.75, 3.05) is 47.8 Å². The molecule has 32 heavy (non-hydrogen) atoms. The average molecular weight is 455 g/mol. The van der Waals surface area contributed by atoms with Crippen LogP contribution in [0.15, 0.2) is 0 Å². The molecular formula is C23H46N6O3. The van der Waals surface area contributed by atoms with Crippen molar-refractivity contribution in [1.82, 2.24) is 31.9 Å². The lowest BCUT2D eigenvalue weighted by Gasteiger charge is -2.21. The van der Waals surface area contributed by atoms with E-state index in [1.165, 1.54) is 0 Å². The molecule has 9 heteroatoms. The van der Waals surface area contributed by atoms with Crippen molar-refractivity contribution >= 4 is 17.6 Å². The van der Waals surface area contributed by atoms with Crippen LogP contribution in [-0.4, -0.2) is 83.5 Å². The third-order valence-corrected chi connectivity index (χ3v) is 5.55. The molecule has 0 bridgehead atoms. The molecule has 186 valence electrons. The Morgan fingerprint density at radius 2 is 1.06 bits per heavy atom. The molecule has 9 nitrogen and oxygen atoms in total. The van der Waals surface area contributed by atoms with Crippen LogP contribution in [0.1, 0.15) is 57.8 Å². The molecule has 0 aromatic carbocycles. The summed E-state index contributed by atoms with van der Waals surface area (Å²) in [6.07, 6.45) is 7.22. The van der Waals surface area contributed by atoms with Gasteiger partial charge in [0.25, 0.3) is 0 Å². The van der Waals surface area contributed by atoms with Gasteiger partial charge in [-0.2, -0.15) is 0 Å². The van der Waals surface area contributed by atoms with Crippen LogP contribution in [0.25, 0.3) is 0 Å². The smallest absolute Gasteiger partial charge is 0.237 e. The molecule has 0 aliphatic carbocycles. The number of rotatable bonds is 21. The summed E-state index contributed by atoms with van der Waals surface area (Å²) < 4.78 is 0. The first-order valence-electron chi connectivity index (χ1n) is 11.9. The first-order valence-corrected chi connectivity index (χ1v) is 11.9. The molecule has 3 atom stereocenters. The molecule has 0 aromatic heterocycles. The predicted octanol–water partition coefficient (Wildman–Crippen LogP) is -0.00671. The third-order valence-electron chi connectivity index (χ3n) is 5.55. The van der Waals surface area contributed by atoms with Gasteiger partial charge in [-0.05, 0) is 86.2 Å². The molecule has 0 fully saturated rings. The minimum atomic E-state index is -0.705. The highest BCUT2D eigenvalue weighted by atomic mass is 16.2. The molecule has 0 aliphatic heterocycles. The zero-order valence-electron chi connectivity index (χ0n) is 20.5. The van der Waals surface area contributed by atoms with Crippen LogP contribution in [-0.2, 0) is 14.4 Å². The van der Waals surface area contributed by atoms with E-state index in [4.69, 9.17) is 6.92 Å². The molecule has 2 radical (unpaired) electrons. The minimum Gasteiger partial charge on any atom is -0.355 e. The van der Waals surface area contributed by atoms with Gasteiger partial charge in [-0.3, -0.25) is 14.4 Å². The largest absolute Gasteiger partial charge is 0.355 e. The SMILES string of the molecule is [CH]C(=O)C(CCCCNC(=O)C(CCCCNC)NC)NC(=O)C(CCCCNC)NC. The standard InChI is InChI=1S/C23H46N6O3/c1-18(30)19(29-23(32)21(27-5)14-7-10-16-25-3)12-8-11-17-28-22(31)20(26-4)13-6-9-15-24-2/h1,19-21,24-27H,6-17H2,2-5H3,(H,28,31)(H,29,32). The number of hydrogen-bond acceptors (Lipinski definition) is 7. The Labute approximate surface area is 195 Å². The lowest BCUT2D eigenvalue weighted by atomic mass is 10.0. The van der Waals surface area contributed by atoms with E-state index in [9.17, 15) is 14.4 Å². The van der Waals surface area contributed by atoms with Crippen molar-refractivity contribution in [2.24, 2.45) is 0 Å². The normalized spacial score (nSPS) is 13.9. The fraction of sp³-hybridized carbons (Fsp3) is 0.826. The Kier molecular flexibility index (Phi) is 19.1. The van der Waals surface area contributed by atoms with Crippen molar-refractivity contribution < 1.29 is 14.4 Å². The van der Waals surface area contributed by atoms with Gasteiger partial charge in [0.15, 0.2) is 5.78 Å². The molecule has 0 aromatic rings. The topological polar surface area (TPSA) is 123 Å². The van der Waals surface area contributed by atoms with E-state index in [1.807, 2.05) is 14.1 Å². The predicted molar refractivity (Wildman–Crippen MR) is 129 cm³/mol. The van der Waals surface area contributed by atoms with Crippen molar-refractivity contribution in [3.05, 3.63) is 6.92 Å². The number of amides is 2. The van der Waals surface area contributed by atoms with Crippen LogP contribution in [0.5, 0.6) is 0 Å². The molecule has 0 saturated heterocycles. The molecule has 6 N–H and O–H groups in total.